The Morgan fingerprint density at radius 2 is 2.24 bits per heavy atom. The van der Waals surface area contributed by atoms with Crippen molar-refractivity contribution < 1.29 is 14.3 Å². The summed E-state index contributed by atoms with van der Waals surface area (Å²) >= 11 is 0. The Balaban J connectivity index is 1.72. The van der Waals surface area contributed by atoms with Crippen molar-refractivity contribution in [3.8, 4) is 0 Å². The largest absolute Gasteiger partial charge is 0.346 e. The smallest absolute Gasteiger partial charge is 0.274 e. The summed E-state index contributed by atoms with van der Waals surface area (Å²) < 4.78 is 12.9. The Morgan fingerprint density at radius 3 is 2.88 bits per heavy atom. The number of nitrogens with zero attached hydrogens (tertiary/aromatic N) is 3. The summed E-state index contributed by atoms with van der Waals surface area (Å²) in [6, 6.07) is 0. The van der Waals surface area contributed by atoms with Crippen LogP contribution in [0.25, 0.3) is 0 Å². The zero-order valence-corrected chi connectivity index (χ0v) is 9.76. The number of aryl methyl sites for hydroxylation is 1. The molecule has 2 saturated heterocycles. The predicted molar refractivity (Wildman–Crippen MR) is 58.4 cm³/mol. The first kappa shape index (κ1) is 10.7. The highest BCUT2D eigenvalue weighted by atomic mass is 16.7. The zero-order valence-electron chi connectivity index (χ0n) is 9.76. The molecule has 0 aromatic carbocycles. The van der Waals surface area contributed by atoms with Crippen LogP contribution in [-0.4, -0.2) is 52.4 Å². The van der Waals surface area contributed by atoms with Crippen molar-refractivity contribution in [3.63, 3.8) is 0 Å². The van der Waals surface area contributed by atoms with Gasteiger partial charge in [-0.3, -0.25) is 4.79 Å². The maximum absolute atomic E-state index is 12.1. The average Bonchev–Trinajstić information content (AvgIpc) is 3.02. The fraction of sp³-hybridized carbons (Fsp3) is 0.636. The van der Waals surface area contributed by atoms with Crippen LogP contribution in [0.15, 0.2) is 12.5 Å². The molecule has 17 heavy (non-hydrogen) atoms. The highest BCUT2D eigenvalue weighted by Gasteiger charge is 2.45. The van der Waals surface area contributed by atoms with Crippen LogP contribution >= 0.6 is 0 Å². The van der Waals surface area contributed by atoms with E-state index in [1.54, 1.807) is 22.0 Å². The van der Waals surface area contributed by atoms with Gasteiger partial charge >= 0.3 is 0 Å². The van der Waals surface area contributed by atoms with E-state index >= 15 is 0 Å². The summed E-state index contributed by atoms with van der Waals surface area (Å²) in [7, 11) is 1.85. The molecule has 0 radical (unpaired) electrons. The third-order valence-corrected chi connectivity index (χ3v) is 3.22. The Bertz CT molecular complexity index is 437. The summed E-state index contributed by atoms with van der Waals surface area (Å²) in [5.41, 5.74) is 0.475. The second-order valence-electron chi connectivity index (χ2n) is 4.51. The maximum atomic E-state index is 12.1. The fourth-order valence-corrected chi connectivity index (χ4v) is 2.35. The Morgan fingerprint density at radius 1 is 1.47 bits per heavy atom. The van der Waals surface area contributed by atoms with Crippen LogP contribution in [-0.2, 0) is 16.5 Å². The molecule has 0 unspecified atom stereocenters. The van der Waals surface area contributed by atoms with Crippen LogP contribution < -0.4 is 0 Å². The quantitative estimate of drug-likeness (QED) is 0.690. The second-order valence-corrected chi connectivity index (χ2v) is 4.51. The van der Waals surface area contributed by atoms with Crippen molar-refractivity contribution in [2.24, 2.45) is 7.05 Å². The number of ether oxygens (including phenoxy) is 2. The summed E-state index contributed by atoms with van der Waals surface area (Å²) in [4.78, 5) is 17.9. The van der Waals surface area contributed by atoms with E-state index in [1.165, 1.54) is 0 Å². The number of rotatable bonds is 1. The van der Waals surface area contributed by atoms with Gasteiger partial charge in [0.05, 0.1) is 26.1 Å². The van der Waals surface area contributed by atoms with Gasteiger partial charge in [-0.1, -0.05) is 0 Å². The average molecular weight is 237 g/mol. The molecular weight excluding hydrogens is 222 g/mol. The molecule has 3 rings (SSSR count). The molecule has 1 aromatic rings. The Hall–Kier alpha value is -1.40. The van der Waals surface area contributed by atoms with E-state index < -0.39 is 5.79 Å². The second kappa shape index (κ2) is 3.82. The number of likely N-dealkylation sites (tertiary alicyclic amines) is 1. The molecule has 2 aliphatic heterocycles. The van der Waals surface area contributed by atoms with E-state index in [4.69, 9.17) is 9.47 Å². The van der Waals surface area contributed by atoms with Crippen molar-refractivity contribution >= 4 is 5.91 Å². The van der Waals surface area contributed by atoms with Gasteiger partial charge in [0.2, 0.25) is 0 Å². The monoisotopic (exact) mass is 237 g/mol. The molecule has 1 amide bonds. The molecule has 0 bridgehead atoms. The molecule has 1 aromatic heterocycles. The van der Waals surface area contributed by atoms with E-state index in [0.717, 1.165) is 6.42 Å². The van der Waals surface area contributed by atoms with Gasteiger partial charge in [0.1, 0.15) is 5.69 Å². The van der Waals surface area contributed by atoms with Gasteiger partial charge in [-0.2, -0.15) is 0 Å². The van der Waals surface area contributed by atoms with Crippen LogP contribution in [0.3, 0.4) is 0 Å². The number of hydrogen-bond acceptors (Lipinski definition) is 4. The zero-order chi connectivity index (χ0) is 11.9. The molecule has 3 heterocycles. The highest BCUT2D eigenvalue weighted by Crippen LogP contribution is 2.30. The predicted octanol–water partition coefficient (Wildman–Crippen LogP) is 0.00910. The minimum absolute atomic E-state index is 0.0541. The van der Waals surface area contributed by atoms with Gasteiger partial charge in [-0.25, -0.2) is 4.98 Å². The molecule has 0 aliphatic carbocycles. The summed E-state index contributed by atoms with van der Waals surface area (Å²) in [5.74, 6) is -0.605. The van der Waals surface area contributed by atoms with Crippen LogP contribution in [0.1, 0.15) is 16.9 Å². The number of hydrogen-bond donors (Lipinski definition) is 0. The lowest BCUT2D eigenvalue weighted by Gasteiger charge is -2.21. The van der Waals surface area contributed by atoms with Gasteiger partial charge in [-0.15, -0.1) is 0 Å². The molecule has 0 atom stereocenters. The van der Waals surface area contributed by atoms with E-state index in [0.29, 0.717) is 32.0 Å². The number of aromatic nitrogens is 2. The standard InChI is InChI=1S/C11H15N3O3/c1-13-6-9(12-8-13)10(15)14-3-2-11(7-14)16-4-5-17-11/h6,8H,2-5,7H2,1H3. The maximum Gasteiger partial charge on any atom is 0.274 e. The van der Waals surface area contributed by atoms with Crippen LogP contribution in [0.2, 0.25) is 0 Å². The van der Waals surface area contributed by atoms with Gasteiger partial charge in [0.25, 0.3) is 5.91 Å². The van der Waals surface area contributed by atoms with Gasteiger partial charge in [0.15, 0.2) is 5.79 Å². The minimum Gasteiger partial charge on any atom is -0.346 e. The molecule has 1 spiro atoms. The van der Waals surface area contributed by atoms with Gasteiger partial charge in [0, 0.05) is 26.2 Å². The summed E-state index contributed by atoms with van der Waals surface area (Å²) in [6.45, 7) is 2.40. The van der Waals surface area contributed by atoms with Crippen molar-refractivity contribution in [1.29, 1.82) is 0 Å². The SMILES string of the molecule is Cn1cnc(C(=O)N2CCC3(C2)OCCO3)c1. The Kier molecular flexibility index (Phi) is 2.41. The number of carbonyl (C=O) groups is 1. The molecule has 2 aliphatic rings. The topological polar surface area (TPSA) is 56.6 Å². The van der Waals surface area contributed by atoms with E-state index in [-0.39, 0.29) is 5.91 Å². The first-order valence-electron chi connectivity index (χ1n) is 5.74. The highest BCUT2D eigenvalue weighted by molar-refractivity contribution is 5.92. The van der Waals surface area contributed by atoms with Gasteiger partial charge < -0.3 is 18.9 Å². The van der Waals surface area contributed by atoms with Crippen molar-refractivity contribution in [3.05, 3.63) is 18.2 Å². The normalized spacial score (nSPS) is 22.5. The third-order valence-electron chi connectivity index (χ3n) is 3.22. The van der Waals surface area contributed by atoms with Crippen LogP contribution in [0.5, 0.6) is 0 Å². The van der Waals surface area contributed by atoms with Crippen LogP contribution in [0, 0.1) is 0 Å². The first-order valence-corrected chi connectivity index (χ1v) is 5.74. The number of imidazole rings is 1. The molecule has 0 N–H and O–H groups in total. The van der Waals surface area contributed by atoms with E-state index in [2.05, 4.69) is 4.98 Å². The van der Waals surface area contributed by atoms with Crippen molar-refractivity contribution in [2.75, 3.05) is 26.3 Å². The fourth-order valence-electron chi connectivity index (χ4n) is 2.35. The van der Waals surface area contributed by atoms with Gasteiger partial charge in [-0.05, 0) is 0 Å². The molecule has 2 fully saturated rings. The van der Waals surface area contributed by atoms with Crippen LogP contribution in [0.4, 0.5) is 0 Å². The summed E-state index contributed by atoms with van der Waals surface area (Å²) in [6.07, 6.45) is 4.09. The van der Waals surface area contributed by atoms with Crippen molar-refractivity contribution in [2.45, 2.75) is 12.2 Å². The van der Waals surface area contributed by atoms with E-state index in [9.17, 15) is 4.79 Å². The third kappa shape index (κ3) is 1.83. The number of carbonyl (C=O) groups excluding carboxylic acids is 1. The Labute approximate surface area is 99.1 Å². The summed E-state index contributed by atoms with van der Waals surface area (Å²) in [5, 5.41) is 0. The molecular formula is C11H15N3O3. The lowest BCUT2D eigenvalue weighted by molar-refractivity contribution is -0.143. The first-order chi connectivity index (χ1) is 8.19. The minimum atomic E-state index is -0.551. The molecule has 6 nitrogen and oxygen atoms in total. The number of amides is 1. The lowest BCUT2D eigenvalue weighted by Crippen LogP contribution is -2.37. The molecule has 0 saturated carbocycles. The lowest BCUT2D eigenvalue weighted by atomic mass is 10.2. The van der Waals surface area contributed by atoms with Crippen molar-refractivity contribution in [1.82, 2.24) is 14.5 Å². The molecule has 6 heteroatoms. The molecule has 92 valence electrons. The van der Waals surface area contributed by atoms with E-state index in [1.807, 2.05) is 7.05 Å².